The van der Waals surface area contributed by atoms with Crippen molar-refractivity contribution >= 4 is 22.5 Å². The Balaban J connectivity index is 2.92. The number of fused-ring (bicyclic) bond motifs is 1. The maximum absolute atomic E-state index is 8.76. The molecule has 14 heavy (non-hydrogen) atoms. The van der Waals surface area contributed by atoms with Gasteiger partial charge in [-0.15, -0.1) is 0 Å². The minimum Gasteiger partial charge on any atom is -0.236 e. The van der Waals surface area contributed by atoms with Gasteiger partial charge in [-0.25, -0.2) is 4.98 Å². The van der Waals surface area contributed by atoms with Crippen molar-refractivity contribution in [2.24, 2.45) is 0 Å². The number of nitrogens with zero attached hydrogens (tertiary/aromatic N) is 2. The molecule has 0 aliphatic heterocycles. The van der Waals surface area contributed by atoms with Crippen LogP contribution in [0.5, 0.6) is 0 Å². The van der Waals surface area contributed by atoms with Crippen LogP contribution in [0.25, 0.3) is 10.9 Å². The highest BCUT2D eigenvalue weighted by Gasteiger charge is 2.04. The first kappa shape index (κ1) is 8.98. The van der Waals surface area contributed by atoms with Gasteiger partial charge in [0.15, 0.2) is 0 Å². The van der Waals surface area contributed by atoms with E-state index in [-0.39, 0.29) is 0 Å². The van der Waals surface area contributed by atoms with Crippen LogP contribution in [0, 0.1) is 18.3 Å². The van der Waals surface area contributed by atoms with Gasteiger partial charge in [-0.3, -0.25) is 0 Å². The molecule has 2 rings (SSSR count). The van der Waals surface area contributed by atoms with Crippen LogP contribution in [0.2, 0.25) is 5.02 Å². The molecule has 0 aliphatic rings. The standard InChI is InChI=1S/C11H7ClN2/c1-7-5-8(6-13)14-11-9(7)3-2-4-10(11)12/h2-5H,1H3. The highest BCUT2D eigenvalue weighted by Crippen LogP contribution is 2.24. The highest BCUT2D eigenvalue weighted by atomic mass is 35.5. The summed E-state index contributed by atoms with van der Waals surface area (Å²) in [5.74, 6) is 0. The number of rotatable bonds is 0. The summed E-state index contributed by atoms with van der Waals surface area (Å²) in [6.45, 7) is 1.95. The first-order valence-electron chi connectivity index (χ1n) is 4.18. The van der Waals surface area contributed by atoms with E-state index in [0.29, 0.717) is 16.2 Å². The molecule has 0 fully saturated rings. The number of aromatic nitrogens is 1. The molecule has 0 amide bonds. The summed E-state index contributed by atoms with van der Waals surface area (Å²) in [6, 6.07) is 9.38. The van der Waals surface area contributed by atoms with E-state index in [1.165, 1.54) is 0 Å². The fourth-order valence-corrected chi connectivity index (χ4v) is 1.66. The fourth-order valence-electron chi connectivity index (χ4n) is 1.44. The second-order valence-electron chi connectivity index (χ2n) is 3.07. The molecule has 2 nitrogen and oxygen atoms in total. The molecule has 0 atom stereocenters. The summed E-state index contributed by atoms with van der Waals surface area (Å²) < 4.78 is 0. The van der Waals surface area contributed by atoms with Crippen LogP contribution in [0.15, 0.2) is 24.3 Å². The second kappa shape index (κ2) is 3.28. The summed E-state index contributed by atoms with van der Waals surface area (Å²) >= 11 is 5.99. The zero-order valence-electron chi connectivity index (χ0n) is 7.58. The van der Waals surface area contributed by atoms with E-state index in [2.05, 4.69) is 4.98 Å². The van der Waals surface area contributed by atoms with Crippen LogP contribution in [-0.4, -0.2) is 4.98 Å². The van der Waals surface area contributed by atoms with E-state index >= 15 is 0 Å². The molecule has 0 radical (unpaired) electrons. The van der Waals surface area contributed by atoms with Crippen LogP contribution in [0.4, 0.5) is 0 Å². The Morgan fingerprint density at radius 1 is 1.43 bits per heavy atom. The van der Waals surface area contributed by atoms with Gasteiger partial charge in [-0.1, -0.05) is 23.7 Å². The molecule has 1 heterocycles. The molecular weight excluding hydrogens is 196 g/mol. The summed E-state index contributed by atoms with van der Waals surface area (Å²) in [6.07, 6.45) is 0. The molecular formula is C11H7ClN2. The number of pyridine rings is 1. The third kappa shape index (κ3) is 1.32. The molecule has 0 bridgehead atoms. The lowest BCUT2D eigenvalue weighted by Crippen LogP contribution is -1.88. The van der Waals surface area contributed by atoms with Crippen molar-refractivity contribution in [1.82, 2.24) is 4.98 Å². The lowest BCUT2D eigenvalue weighted by atomic mass is 10.1. The van der Waals surface area contributed by atoms with Gasteiger partial charge in [0.2, 0.25) is 0 Å². The Morgan fingerprint density at radius 3 is 2.93 bits per heavy atom. The van der Waals surface area contributed by atoms with Gasteiger partial charge >= 0.3 is 0 Å². The molecule has 1 aromatic carbocycles. The third-order valence-electron chi connectivity index (χ3n) is 2.11. The molecule has 3 heteroatoms. The predicted octanol–water partition coefficient (Wildman–Crippen LogP) is 3.07. The molecule has 0 spiro atoms. The quantitative estimate of drug-likeness (QED) is 0.658. The van der Waals surface area contributed by atoms with E-state index in [9.17, 15) is 0 Å². The largest absolute Gasteiger partial charge is 0.236 e. The van der Waals surface area contributed by atoms with Crippen LogP contribution in [0.3, 0.4) is 0 Å². The molecule has 0 unspecified atom stereocenters. The Kier molecular flexibility index (Phi) is 2.11. The van der Waals surface area contributed by atoms with Crippen molar-refractivity contribution in [2.45, 2.75) is 6.92 Å². The molecule has 2 aromatic rings. The number of nitriles is 1. The maximum Gasteiger partial charge on any atom is 0.141 e. The topological polar surface area (TPSA) is 36.7 Å². The van der Waals surface area contributed by atoms with Gasteiger partial charge in [0.1, 0.15) is 11.8 Å². The number of hydrogen-bond acceptors (Lipinski definition) is 2. The predicted molar refractivity (Wildman–Crippen MR) is 56.2 cm³/mol. The smallest absolute Gasteiger partial charge is 0.141 e. The monoisotopic (exact) mass is 202 g/mol. The molecule has 0 N–H and O–H groups in total. The molecule has 1 aromatic heterocycles. The van der Waals surface area contributed by atoms with Gasteiger partial charge < -0.3 is 0 Å². The van der Waals surface area contributed by atoms with Crippen molar-refractivity contribution in [3.05, 3.63) is 40.5 Å². The lowest BCUT2D eigenvalue weighted by Gasteiger charge is -2.03. The Hall–Kier alpha value is -1.59. The third-order valence-corrected chi connectivity index (χ3v) is 2.42. The summed E-state index contributed by atoms with van der Waals surface area (Å²) in [5.41, 5.74) is 2.13. The van der Waals surface area contributed by atoms with E-state index < -0.39 is 0 Å². The average molecular weight is 203 g/mol. The zero-order valence-corrected chi connectivity index (χ0v) is 8.34. The fraction of sp³-hybridized carbons (Fsp3) is 0.0909. The zero-order chi connectivity index (χ0) is 10.1. The maximum atomic E-state index is 8.76. The van der Waals surface area contributed by atoms with Crippen molar-refractivity contribution in [2.75, 3.05) is 0 Å². The van der Waals surface area contributed by atoms with Gasteiger partial charge in [0.25, 0.3) is 0 Å². The number of para-hydroxylation sites is 1. The van der Waals surface area contributed by atoms with E-state index in [0.717, 1.165) is 10.9 Å². The number of aryl methyl sites for hydroxylation is 1. The second-order valence-corrected chi connectivity index (χ2v) is 3.48. The van der Waals surface area contributed by atoms with E-state index in [4.69, 9.17) is 16.9 Å². The SMILES string of the molecule is Cc1cc(C#N)nc2c(Cl)cccc12. The molecule has 0 saturated carbocycles. The molecule has 68 valence electrons. The Labute approximate surface area is 86.8 Å². The number of hydrogen-bond donors (Lipinski definition) is 0. The first-order chi connectivity index (χ1) is 6.72. The normalized spacial score (nSPS) is 10.1. The minimum atomic E-state index is 0.406. The summed E-state index contributed by atoms with van der Waals surface area (Å²) in [4.78, 5) is 4.16. The van der Waals surface area contributed by atoms with E-state index in [1.807, 2.05) is 25.1 Å². The number of halogens is 1. The molecule has 0 saturated heterocycles. The highest BCUT2D eigenvalue weighted by molar-refractivity contribution is 6.35. The van der Waals surface area contributed by atoms with Crippen molar-refractivity contribution in [3.8, 4) is 6.07 Å². The Bertz CT molecular complexity index is 541. The van der Waals surface area contributed by atoms with Gasteiger partial charge in [-0.2, -0.15) is 5.26 Å². The van der Waals surface area contributed by atoms with Crippen LogP contribution in [0.1, 0.15) is 11.3 Å². The van der Waals surface area contributed by atoms with Gasteiger partial charge in [0.05, 0.1) is 10.5 Å². The van der Waals surface area contributed by atoms with Crippen molar-refractivity contribution in [1.29, 1.82) is 5.26 Å². The van der Waals surface area contributed by atoms with Crippen LogP contribution < -0.4 is 0 Å². The average Bonchev–Trinajstić information content (AvgIpc) is 2.19. The van der Waals surface area contributed by atoms with Gasteiger partial charge in [-0.05, 0) is 24.6 Å². The first-order valence-corrected chi connectivity index (χ1v) is 4.56. The van der Waals surface area contributed by atoms with Crippen LogP contribution >= 0.6 is 11.6 Å². The van der Waals surface area contributed by atoms with Crippen molar-refractivity contribution < 1.29 is 0 Å². The van der Waals surface area contributed by atoms with Crippen molar-refractivity contribution in [3.63, 3.8) is 0 Å². The minimum absolute atomic E-state index is 0.406. The van der Waals surface area contributed by atoms with Crippen LogP contribution in [-0.2, 0) is 0 Å². The summed E-state index contributed by atoms with van der Waals surface area (Å²) in [7, 11) is 0. The molecule has 0 aliphatic carbocycles. The Morgan fingerprint density at radius 2 is 2.21 bits per heavy atom. The lowest BCUT2D eigenvalue weighted by molar-refractivity contribution is 1.30. The van der Waals surface area contributed by atoms with Gasteiger partial charge in [0, 0.05) is 5.39 Å². The van der Waals surface area contributed by atoms with E-state index in [1.54, 1.807) is 12.1 Å². The number of benzene rings is 1. The summed E-state index contributed by atoms with van der Waals surface area (Å²) in [5, 5.41) is 10.3.